The van der Waals surface area contributed by atoms with E-state index in [0.717, 1.165) is 40.6 Å². The molecule has 0 bridgehead atoms. The van der Waals surface area contributed by atoms with Gasteiger partial charge in [0.15, 0.2) is 5.69 Å². The molecule has 0 unspecified atom stereocenters. The summed E-state index contributed by atoms with van der Waals surface area (Å²) in [6, 6.07) is 26.2. The van der Waals surface area contributed by atoms with Crippen LogP contribution in [0.3, 0.4) is 0 Å². The van der Waals surface area contributed by atoms with Crippen molar-refractivity contribution < 1.29 is 31.1 Å². The lowest BCUT2D eigenvalue weighted by Gasteiger charge is -2.15. The van der Waals surface area contributed by atoms with E-state index in [9.17, 15) is 26.4 Å². The minimum absolute atomic E-state index is 0.133. The van der Waals surface area contributed by atoms with Gasteiger partial charge in [-0.2, -0.15) is 21.6 Å². The predicted molar refractivity (Wildman–Crippen MR) is 164 cm³/mol. The number of carbonyl (C=O) groups excluding carboxylic acids is 1. The molecule has 0 saturated carbocycles. The monoisotopic (exact) mass is 621 g/mol. The topological polar surface area (TPSA) is 90.3 Å². The Morgan fingerprint density at radius 1 is 0.932 bits per heavy atom. The maximum absolute atomic E-state index is 13.0. The molecular formula is C33H30F3N3O4S. The van der Waals surface area contributed by atoms with Gasteiger partial charge < -0.3 is 9.30 Å². The number of rotatable bonds is 10. The molecule has 0 aliphatic heterocycles. The van der Waals surface area contributed by atoms with Crippen molar-refractivity contribution in [1.29, 1.82) is 0 Å². The third-order valence-corrected chi connectivity index (χ3v) is 8.27. The van der Waals surface area contributed by atoms with Crippen LogP contribution < -0.4 is 4.72 Å². The molecule has 0 spiro atoms. The van der Waals surface area contributed by atoms with Crippen molar-refractivity contribution in [3.63, 3.8) is 0 Å². The van der Waals surface area contributed by atoms with Gasteiger partial charge in [0.1, 0.15) is 12.3 Å². The first kappa shape index (κ1) is 30.8. The number of hydrogen-bond acceptors (Lipinski definition) is 5. The molecule has 0 radical (unpaired) electrons. The van der Waals surface area contributed by atoms with Gasteiger partial charge in [-0.05, 0) is 53.8 Å². The van der Waals surface area contributed by atoms with Gasteiger partial charge >= 0.3 is 21.5 Å². The maximum atomic E-state index is 13.0. The van der Waals surface area contributed by atoms with E-state index in [1.54, 1.807) is 35.1 Å². The van der Waals surface area contributed by atoms with Crippen molar-refractivity contribution in [3.8, 4) is 11.1 Å². The van der Waals surface area contributed by atoms with Gasteiger partial charge in [0.2, 0.25) is 0 Å². The van der Waals surface area contributed by atoms with E-state index in [4.69, 9.17) is 9.72 Å². The third kappa shape index (κ3) is 6.62. The van der Waals surface area contributed by atoms with Crippen molar-refractivity contribution in [1.82, 2.24) is 9.55 Å². The van der Waals surface area contributed by atoms with E-state index in [1.807, 2.05) is 49.4 Å². The van der Waals surface area contributed by atoms with E-state index in [2.05, 4.69) is 17.6 Å². The van der Waals surface area contributed by atoms with E-state index in [-0.39, 0.29) is 18.0 Å². The molecule has 228 valence electrons. The number of anilines is 1. The number of benzene rings is 3. The first-order chi connectivity index (χ1) is 21.0. The number of nitrogens with zero attached hydrogens (tertiary/aromatic N) is 2. The highest BCUT2D eigenvalue weighted by molar-refractivity contribution is 7.93. The van der Waals surface area contributed by atoms with Crippen LogP contribution in [0.25, 0.3) is 22.2 Å². The zero-order chi connectivity index (χ0) is 31.5. The van der Waals surface area contributed by atoms with Crippen LogP contribution in [0.2, 0.25) is 0 Å². The number of alkyl halides is 3. The summed E-state index contributed by atoms with van der Waals surface area (Å²) in [5.41, 5.74) is -0.216. The molecule has 5 aromatic rings. The number of ether oxygens (including phenoxy) is 1. The van der Waals surface area contributed by atoms with Crippen LogP contribution in [0.15, 0.2) is 91.0 Å². The molecule has 2 heterocycles. The number of para-hydroxylation sites is 1. The maximum Gasteiger partial charge on any atom is 0.516 e. The van der Waals surface area contributed by atoms with Gasteiger partial charge in [-0.3, -0.25) is 4.72 Å². The molecule has 3 aromatic carbocycles. The Bertz CT molecular complexity index is 1900. The summed E-state index contributed by atoms with van der Waals surface area (Å²) in [7, 11) is -5.58. The lowest BCUT2D eigenvalue weighted by Crippen LogP contribution is -2.30. The summed E-state index contributed by atoms with van der Waals surface area (Å²) >= 11 is 0. The fourth-order valence-electron chi connectivity index (χ4n) is 4.97. The number of hydrogen-bond donors (Lipinski definition) is 1. The number of esters is 1. The summed E-state index contributed by atoms with van der Waals surface area (Å²) in [6.45, 7) is 4.56. The van der Waals surface area contributed by atoms with Crippen LogP contribution in [0, 0.1) is 6.92 Å². The van der Waals surface area contributed by atoms with Crippen molar-refractivity contribution in [2.45, 2.75) is 45.3 Å². The number of carbonyl (C=O) groups is 1. The first-order valence-corrected chi connectivity index (χ1v) is 15.4. The molecule has 0 atom stereocenters. The second-order valence-corrected chi connectivity index (χ2v) is 12.1. The Balaban J connectivity index is 1.43. The van der Waals surface area contributed by atoms with E-state index in [1.165, 1.54) is 12.1 Å². The summed E-state index contributed by atoms with van der Waals surface area (Å²) in [4.78, 5) is 17.7. The molecule has 0 saturated heterocycles. The predicted octanol–water partition coefficient (Wildman–Crippen LogP) is 7.63. The SMILES string of the molecule is CCCc1cc2c(C)cc(C(=O)OCc3ccccc3)nc2n1Cc1ccc(-c2ccccc2NS(=O)(=O)C(F)(F)F)cc1. The number of fused-ring (bicyclic) bond motifs is 1. The van der Waals surface area contributed by atoms with Crippen LogP contribution in [0.1, 0.15) is 46.2 Å². The van der Waals surface area contributed by atoms with E-state index < -0.39 is 21.5 Å². The average molecular weight is 622 g/mol. The van der Waals surface area contributed by atoms with Gasteiger partial charge in [0, 0.05) is 23.2 Å². The standard InChI is InChI=1S/C33H30F3N3O4S/c1-3-9-26-19-28-22(2)18-30(32(40)43-21-24-10-5-4-6-11-24)37-31(28)39(26)20-23-14-16-25(17-15-23)27-12-7-8-13-29(27)38-44(41,42)33(34,35)36/h4-8,10-19,38H,3,9,20-21H2,1-2H3. The van der Waals surface area contributed by atoms with Crippen molar-refractivity contribution in [3.05, 3.63) is 119 Å². The van der Waals surface area contributed by atoms with Gasteiger partial charge in [-0.1, -0.05) is 86.1 Å². The molecule has 0 fully saturated rings. The number of nitrogens with one attached hydrogen (secondary N) is 1. The smallest absolute Gasteiger partial charge is 0.456 e. The van der Waals surface area contributed by atoms with Crippen molar-refractivity contribution in [2.75, 3.05) is 4.72 Å². The van der Waals surface area contributed by atoms with Gasteiger partial charge in [-0.15, -0.1) is 0 Å². The van der Waals surface area contributed by atoms with Gasteiger partial charge in [0.25, 0.3) is 0 Å². The summed E-state index contributed by atoms with van der Waals surface area (Å²) < 4.78 is 71.7. The molecule has 2 aromatic heterocycles. The van der Waals surface area contributed by atoms with Gasteiger partial charge in [-0.25, -0.2) is 9.78 Å². The minimum atomic E-state index is -5.58. The lowest BCUT2D eigenvalue weighted by atomic mass is 10.0. The Hall–Kier alpha value is -4.64. The number of sulfonamides is 1. The molecule has 1 N–H and O–H groups in total. The average Bonchev–Trinajstić information content (AvgIpc) is 3.34. The van der Waals surface area contributed by atoms with Crippen LogP contribution in [-0.2, 0) is 34.3 Å². The largest absolute Gasteiger partial charge is 0.516 e. The van der Waals surface area contributed by atoms with Gasteiger partial charge in [0.05, 0.1) is 5.69 Å². The summed E-state index contributed by atoms with van der Waals surface area (Å²) in [6.07, 6.45) is 1.68. The number of aromatic nitrogens is 2. The highest BCUT2D eigenvalue weighted by Gasteiger charge is 2.46. The van der Waals surface area contributed by atoms with Crippen LogP contribution in [-0.4, -0.2) is 29.4 Å². The second kappa shape index (κ2) is 12.5. The Morgan fingerprint density at radius 2 is 1.61 bits per heavy atom. The molecule has 5 rings (SSSR count). The molecule has 0 aliphatic carbocycles. The zero-order valence-electron chi connectivity index (χ0n) is 24.1. The molecular weight excluding hydrogens is 591 g/mol. The number of pyridine rings is 1. The van der Waals surface area contributed by atoms with Crippen molar-refractivity contribution in [2.24, 2.45) is 0 Å². The number of aryl methyl sites for hydroxylation is 2. The van der Waals surface area contributed by atoms with Crippen LogP contribution in [0.4, 0.5) is 18.9 Å². The van der Waals surface area contributed by atoms with Crippen LogP contribution in [0.5, 0.6) is 0 Å². The Morgan fingerprint density at radius 3 is 2.30 bits per heavy atom. The summed E-state index contributed by atoms with van der Waals surface area (Å²) in [5.74, 6) is -0.521. The normalized spacial score (nSPS) is 11.9. The zero-order valence-corrected chi connectivity index (χ0v) is 24.9. The second-order valence-electron chi connectivity index (χ2n) is 10.4. The van der Waals surface area contributed by atoms with Crippen molar-refractivity contribution >= 4 is 32.7 Å². The fraction of sp³-hybridized carbons (Fsp3) is 0.212. The highest BCUT2D eigenvalue weighted by atomic mass is 32.2. The lowest BCUT2D eigenvalue weighted by molar-refractivity contribution is -0.0429. The highest BCUT2D eigenvalue weighted by Crippen LogP contribution is 2.33. The summed E-state index contributed by atoms with van der Waals surface area (Å²) in [5, 5.41) is 0.926. The molecule has 11 heteroatoms. The fourth-order valence-corrected chi connectivity index (χ4v) is 5.55. The minimum Gasteiger partial charge on any atom is -0.456 e. The van der Waals surface area contributed by atoms with Crippen LogP contribution >= 0.6 is 0 Å². The molecule has 0 amide bonds. The first-order valence-electron chi connectivity index (χ1n) is 13.9. The van der Waals surface area contributed by atoms with E-state index >= 15 is 0 Å². The van der Waals surface area contributed by atoms with E-state index in [0.29, 0.717) is 23.3 Å². The third-order valence-electron chi connectivity index (χ3n) is 7.17. The quantitative estimate of drug-likeness (QED) is 0.162. The number of halogens is 3. The Labute approximate surface area is 253 Å². The Kier molecular flexibility index (Phi) is 8.78. The molecule has 44 heavy (non-hydrogen) atoms. The molecule has 0 aliphatic rings. The molecule has 7 nitrogen and oxygen atoms in total.